The predicted octanol–water partition coefficient (Wildman–Crippen LogP) is 3.19. The number of aryl methyl sites for hydroxylation is 1. The Morgan fingerprint density at radius 2 is 1.86 bits per heavy atom. The van der Waals surface area contributed by atoms with Crippen LogP contribution in [0.5, 0.6) is 0 Å². The number of nitrogens with one attached hydrogen (secondary N) is 1. The Bertz CT molecular complexity index is 804. The van der Waals surface area contributed by atoms with E-state index < -0.39 is 20.8 Å². The molecule has 112 valence electrons. The summed E-state index contributed by atoms with van der Waals surface area (Å²) in [4.78, 5) is 0.720. The van der Waals surface area contributed by atoms with Crippen molar-refractivity contribution in [3.8, 4) is 0 Å². The fourth-order valence-corrected chi connectivity index (χ4v) is 3.93. The van der Waals surface area contributed by atoms with Crippen molar-refractivity contribution in [1.82, 2.24) is 0 Å². The molecule has 0 unspecified atom stereocenters. The van der Waals surface area contributed by atoms with Crippen molar-refractivity contribution in [3.05, 3.63) is 53.1 Å². The zero-order valence-electron chi connectivity index (χ0n) is 11.5. The normalized spacial score (nSPS) is 12.9. The molecule has 2 aromatic carbocycles. The van der Waals surface area contributed by atoms with Crippen LogP contribution in [0.4, 0.5) is 5.69 Å². The highest BCUT2D eigenvalue weighted by Gasteiger charge is 2.17. The summed E-state index contributed by atoms with van der Waals surface area (Å²) in [5.41, 5.74) is 0.933. The molecule has 0 heterocycles. The molecule has 2 aromatic rings. The van der Waals surface area contributed by atoms with Crippen molar-refractivity contribution in [1.29, 1.82) is 0 Å². The van der Waals surface area contributed by atoms with Gasteiger partial charge in [-0.3, -0.25) is 8.93 Å². The second kappa shape index (κ2) is 6.17. The van der Waals surface area contributed by atoms with Crippen LogP contribution in [0.25, 0.3) is 0 Å². The summed E-state index contributed by atoms with van der Waals surface area (Å²) in [7, 11) is -4.88. The lowest BCUT2D eigenvalue weighted by molar-refractivity contribution is 0.600. The molecule has 0 saturated carbocycles. The summed E-state index contributed by atoms with van der Waals surface area (Å²) in [6.45, 7) is 1.68. The van der Waals surface area contributed by atoms with E-state index in [9.17, 15) is 12.6 Å². The fourth-order valence-electron chi connectivity index (χ4n) is 1.86. The minimum absolute atomic E-state index is 0.162. The minimum atomic E-state index is -3.71. The third kappa shape index (κ3) is 3.84. The lowest BCUT2D eigenvalue weighted by Gasteiger charge is -2.11. The summed E-state index contributed by atoms with van der Waals surface area (Å²) in [6.07, 6.45) is 1.54. The highest BCUT2D eigenvalue weighted by Crippen LogP contribution is 2.23. The van der Waals surface area contributed by atoms with Gasteiger partial charge in [-0.15, -0.1) is 0 Å². The topological polar surface area (TPSA) is 63.2 Å². The van der Waals surface area contributed by atoms with E-state index in [1.165, 1.54) is 18.4 Å². The number of benzene rings is 2. The third-order valence-corrected chi connectivity index (χ3v) is 5.54. The van der Waals surface area contributed by atoms with Gasteiger partial charge in [-0.1, -0.05) is 17.7 Å². The summed E-state index contributed by atoms with van der Waals surface area (Å²) in [5, 5.41) is 0.481. The van der Waals surface area contributed by atoms with Crippen LogP contribution in [-0.2, 0) is 20.8 Å². The molecule has 7 heteroatoms. The largest absolute Gasteiger partial charge is 0.280 e. The molecule has 0 radical (unpaired) electrons. The number of hydrogen-bond donors (Lipinski definition) is 1. The van der Waals surface area contributed by atoms with E-state index in [-0.39, 0.29) is 4.90 Å². The van der Waals surface area contributed by atoms with Gasteiger partial charge in [-0.2, -0.15) is 0 Å². The number of anilines is 1. The maximum atomic E-state index is 12.4. The van der Waals surface area contributed by atoms with Crippen LogP contribution in [0.2, 0.25) is 5.02 Å². The van der Waals surface area contributed by atoms with E-state index in [0.717, 1.165) is 0 Å². The molecule has 0 bridgehead atoms. The maximum absolute atomic E-state index is 12.4. The molecule has 4 nitrogen and oxygen atoms in total. The molecule has 0 aliphatic rings. The van der Waals surface area contributed by atoms with Crippen LogP contribution in [0, 0.1) is 6.92 Å². The van der Waals surface area contributed by atoms with Crippen LogP contribution in [0.3, 0.4) is 0 Å². The van der Waals surface area contributed by atoms with Crippen molar-refractivity contribution in [2.75, 3.05) is 11.0 Å². The SMILES string of the molecule is Cc1cc(Cl)ccc1S(=O)(=O)Nc1cccc([S@@](C)=O)c1. The Morgan fingerprint density at radius 1 is 1.14 bits per heavy atom. The molecular weight excluding hydrogens is 330 g/mol. The smallest absolute Gasteiger partial charge is 0.262 e. The van der Waals surface area contributed by atoms with Gasteiger partial charge in [0.1, 0.15) is 0 Å². The lowest BCUT2D eigenvalue weighted by Crippen LogP contribution is -2.14. The first kappa shape index (κ1) is 16.0. The van der Waals surface area contributed by atoms with Crippen LogP contribution in [0.15, 0.2) is 52.3 Å². The zero-order chi connectivity index (χ0) is 15.6. The highest BCUT2D eigenvalue weighted by atomic mass is 35.5. The standard InChI is InChI=1S/C14H14ClNO3S2/c1-10-8-11(15)6-7-14(10)21(18,19)16-12-4-3-5-13(9-12)20(2)17/h3-9,16H,1-2H3/t20-/m1/s1. The second-order valence-electron chi connectivity index (χ2n) is 4.50. The summed E-state index contributed by atoms with van der Waals surface area (Å²) < 4.78 is 38.7. The van der Waals surface area contributed by atoms with Gasteiger partial charge in [0.05, 0.1) is 10.6 Å². The Balaban J connectivity index is 2.37. The van der Waals surface area contributed by atoms with E-state index in [1.807, 2.05) is 0 Å². The van der Waals surface area contributed by atoms with Crippen molar-refractivity contribution < 1.29 is 12.6 Å². The van der Waals surface area contributed by atoms with Gasteiger partial charge in [0.2, 0.25) is 0 Å². The third-order valence-electron chi connectivity index (χ3n) is 2.84. The summed E-state index contributed by atoms with van der Waals surface area (Å²) in [6, 6.07) is 11.1. The number of hydrogen-bond acceptors (Lipinski definition) is 3. The molecule has 0 fully saturated rings. The van der Waals surface area contributed by atoms with E-state index in [2.05, 4.69) is 4.72 Å². The zero-order valence-corrected chi connectivity index (χ0v) is 13.8. The number of sulfonamides is 1. The Morgan fingerprint density at radius 3 is 2.48 bits per heavy atom. The van der Waals surface area contributed by atoms with E-state index in [1.54, 1.807) is 37.3 Å². The van der Waals surface area contributed by atoms with Gasteiger partial charge in [-0.05, 0) is 48.9 Å². The van der Waals surface area contributed by atoms with E-state index in [4.69, 9.17) is 11.6 Å². The highest BCUT2D eigenvalue weighted by molar-refractivity contribution is 7.92. The first-order chi connectivity index (χ1) is 9.79. The lowest BCUT2D eigenvalue weighted by atomic mass is 10.2. The number of halogens is 1. The molecule has 0 aliphatic carbocycles. The van der Waals surface area contributed by atoms with Crippen LogP contribution in [-0.4, -0.2) is 18.9 Å². The van der Waals surface area contributed by atoms with Gasteiger partial charge >= 0.3 is 0 Å². The molecule has 1 N–H and O–H groups in total. The molecule has 0 saturated heterocycles. The predicted molar refractivity (Wildman–Crippen MR) is 85.8 cm³/mol. The Hall–Kier alpha value is -1.37. The summed E-state index contributed by atoms with van der Waals surface area (Å²) >= 11 is 5.83. The Kier molecular flexibility index (Phi) is 4.70. The minimum Gasteiger partial charge on any atom is -0.280 e. The van der Waals surface area contributed by atoms with Gasteiger partial charge in [0.25, 0.3) is 10.0 Å². The van der Waals surface area contributed by atoms with Crippen LogP contribution >= 0.6 is 11.6 Å². The molecular formula is C14H14ClNO3S2. The average Bonchev–Trinajstić information content (AvgIpc) is 2.37. The molecule has 1 atom stereocenters. The first-order valence-electron chi connectivity index (χ1n) is 6.02. The second-order valence-corrected chi connectivity index (χ2v) is 7.96. The van der Waals surface area contributed by atoms with Crippen LogP contribution < -0.4 is 4.72 Å². The molecule has 0 amide bonds. The van der Waals surface area contributed by atoms with Crippen molar-refractivity contribution >= 4 is 38.1 Å². The monoisotopic (exact) mass is 343 g/mol. The van der Waals surface area contributed by atoms with Gasteiger partial charge in [0.15, 0.2) is 0 Å². The number of rotatable bonds is 4. The van der Waals surface area contributed by atoms with E-state index >= 15 is 0 Å². The molecule has 0 aromatic heterocycles. The molecule has 21 heavy (non-hydrogen) atoms. The average molecular weight is 344 g/mol. The molecule has 0 aliphatic heterocycles. The van der Waals surface area contributed by atoms with Crippen molar-refractivity contribution in [2.24, 2.45) is 0 Å². The fraction of sp³-hybridized carbons (Fsp3) is 0.143. The first-order valence-corrected chi connectivity index (χ1v) is 9.44. The maximum Gasteiger partial charge on any atom is 0.262 e. The van der Waals surface area contributed by atoms with Crippen molar-refractivity contribution in [2.45, 2.75) is 16.7 Å². The van der Waals surface area contributed by atoms with Crippen molar-refractivity contribution in [3.63, 3.8) is 0 Å². The summed E-state index contributed by atoms with van der Waals surface area (Å²) in [5.74, 6) is 0. The van der Waals surface area contributed by atoms with Gasteiger partial charge in [0, 0.05) is 27.0 Å². The quantitative estimate of drug-likeness (QED) is 0.927. The van der Waals surface area contributed by atoms with Gasteiger partial charge < -0.3 is 0 Å². The Labute approximate surface area is 131 Å². The van der Waals surface area contributed by atoms with E-state index in [0.29, 0.717) is 21.2 Å². The van der Waals surface area contributed by atoms with Gasteiger partial charge in [-0.25, -0.2) is 8.42 Å². The molecule has 2 rings (SSSR count). The van der Waals surface area contributed by atoms with Crippen LogP contribution in [0.1, 0.15) is 5.56 Å². The molecule has 0 spiro atoms.